The van der Waals surface area contributed by atoms with Crippen molar-refractivity contribution in [2.75, 3.05) is 7.11 Å². The molecule has 0 saturated heterocycles. The van der Waals surface area contributed by atoms with E-state index in [1.807, 2.05) is 39.0 Å². The lowest BCUT2D eigenvalue weighted by molar-refractivity contribution is -0.123. The summed E-state index contributed by atoms with van der Waals surface area (Å²) in [4.78, 5) is 11.7. The molecule has 1 amide bonds. The summed E-state index contributed by atoms with van der Waals surface area (Å²) in [5.41, 5.74) is 7.89. The van der Waals surface area contributed by atoms with Crippen LogP contribution in [0.1, 0.15) is 25.0 Å². The highest BCUT2D eigenvalue weighted by Crippen LogP contribution is 2.16. The predicted octanol–water partition coefficient (Wildman–Crippen LogP) is 1.60. The summed E-state index contributed by atoms with van der Waals surface area (Å²) in [6.45, 7) is 6.32. The molecule has 0 fully saturated rings. The number of methoxy groups -OCH3 is 1. The van der Waals surface area contributed by atoms with Gasteiger partial charge in [-0.2, -0.15) is 0 Å². The fraction of sp³-hybridized carbons (Fsp3) is 0.500. The van der Waals surface area contributed by atoms with Gasteiger partial charge in [-0.15, -0.1) is 0 Å². The van der Waals surface area contributed by atoms with Gasteiger partial charge in [-0.1, -0.05) is 19.9 Å². The van der Waals surface area contributed by atoms with Crippen molar-refractivity contribution in [3.63, 3.8) is 0 Å². The Kier molecular flexibility index (Phi) is 5.16. The standard InChI is InChI=1S/C14H22N2O2/c1-9(2)13(15)14(17)16-8-11-5-10(3)6-12(7-11)18-4/h5-7,9,13H,8,15H2,1-4H3,(H,16,17)/t13-/m0/s1. The summed E-state index contributed by atoms with van der Waals surface area (Å²) in [7, 11) is 1.63. The highest BCUT2D eigenvalue weighted by atomic mass is 16.5. The van der Waals surface area contributed by atoms with Gasteiger partial charge in [0.25, 0.3) is 0 Å². The van der Waals surface area contributed by atoms with Gasteiger partial charge in [-0.3, -0.25) is 4.79 Å². The van der Waals surface area contributed by atoms with Crippen LogP contribution in [0.25, 0.3) is 0 Å². The maximum Gasteiger partial charge on any atom is 0.237 e. The molecule has 0 bridgehead atoms. The van der Waals surface area contributed by atoms with E-state index < -0.39 is 6.04 Å². The van der Waals surface area contributed by atoms with Gasteiger partial charge in [0.1, 0.15) is 5.75 Å². The second-order valence-electron chi connectivity index (χ2n) is 4.85. The minimum atomic E-state index is -0.461. The number of amides is 1. The monoisotopic (exact) mass is 250 g/mol. The van der Waals surface area contributed by atoms with E-state index in [4.69, 9.17) is 10.5 Å². The normalized spacial score (nSPS) is 12.3. The molecular weight excluding hydrogens is 228 g/mol. The number of carbonyl (C=O) groups is 1. The molecule has 18 heavy (non-hydrogen) atoms. The molecule has 1 rings (SSSR count). The second kappa shape index (κ2) is 6.40. The van der Waals surface area contributed by atoms with E-state index in [1.165, 1.54) is 0 Å². The predicted molar refractivity (Wildman–Crippen MR) is 72.4 cm³/mol. The number of ether oxygens (including phenoxy) is 1. The number of hydrogen-bond donors (Lipinski definition) is 2. The minimum absolute atomic E-state index is 0.120. The van der Waals surface area contributed by atoms with Crippen LogP contribution >= 0.6 is 0 Å². The molecule has 0 aromatic heterocycles. The summed E-state index contributed by atoms with van der Waals surface area (Å²) in [5.74, 6) is 0.815. The summed E-state index contributed by atoms with van der Waals surface area (Å²) >= 11 is 0. The van der Waals surface area contributed by atoms with E-state index in [2.05, 4.69) is 5.32 Å². The van der Waals surface area contributed by atoms with Gasteiger partial charge in [-0.25, -0.2) is 0 Å². The van der Waals surface area contributed by atoms with Crippen molar-refractivity contribution in [2.45, 2.75) is 33.4 Å². The van der Waals surface area contributed by atoms with Gasteiger partial charge in [0, 0.05) is 6.54 Å². The molecule has 1 aromatic carbocycles. The number of aryl methyl sites for hydroxylation is 1. The first-order valence-corrected chi connectivity index (χ1v) is 6.12. The van der Waals surface area contributed by atoms with Crippen molar-refractivity contribution in [1.82, 2.24) is 5.32 Å². The first-order chi connectivity index (χ1) is 8.43. The zero-order valence-electron chi connectivity index (χ0n) is 11.5. The van der Waals surface area contributed by atoms with Crippen molar-refractivity contribution in [1.29, 1.82) is 0 Å². The van der Waals surface area contributed by atoms with Crippen LogP contribution < -0.4 is 15.8 Å². The molecule has 0 aliphatic rings. The molecule has 0 spiro atoms. The van der Waals surface area contributed by atoms with Crippen molar-refractivity contribution < 1.29 is 9.53 Å². The first kappa shape index (κ1) is 14.5. The first-order valence-electron chi connectivity index (χ1n) is 6.12. The third-order valence-corrected chi connectivity index (χ3v) is 2.83. The van der Waals surface area contributed by atoms with Crippen molar-refractivity contribution in [2.24, 2.45) is 11.7 Å². The van der Waals surface area contributed by atoms with Crippen LogP contribution in [0.15, 0.2) is 18.2 Å². The van der Waals surface area contributed by atoms with E-state index in [0.29, 0.717) is 6.54 Å². The molecule has 0 aliphatic heterocycles. The fourth-order valence-electron chi connectivity index (χ4n) is 1.65. The molecule has 1 atom stereocenters. The summed E-state index contributed by atoms with van der Waals surface area (Å²) in [6, 6.07) is 5.42. The van der Waals surface area contributed by atoms with E-state index in [1.54, 1.807) is 7.11 Å². The lowest BCUT2D eigenvalue weighted by Gasteiger charge is -2.15. The Bertz CT molecular complexity index is 416. The largest absolute Gasteiger partial charge is 0.497 e. The van der Waals surface area contributed by atoms with Gasteiger partial charge >= 0.3 is 0 Å². The molecule has 100 valence electrons. The lowest BCUT2D eigenvalue weighted by atomic mass is 10.0. The second-order valence-corrected chi connectivity index (χ2v) is 4.85. The van der Waals surface area contributed by atoms with Crippen molar-refractivity contribution >= 4 is 5.91 Å². The SMILES string of the molecule is COc1cc(C)cc(CNC(=O)[C@@H](N)C(C)C)c1. The lowest BCUT2D eigenvalue weighted by Crippen LogP contribution is -2.43. The third-order valence-electron chi connectivity index (χ3n) is 2.83. The Labute approximate surface area is 109 Å². The average Bonchev–Trinajstić information content (AvgIpc) is 2.34. The average molecular weight is 250 g/mol. The molecule has 0 saturated carbocycles. The fourth-order valence-corrected chi connectivity index (χ4v) is 1.65. The van der Waals surface area contributed by atoms with Crippen molar-refractivity contribution in [3.8, 4) is 5.75 Å². The Hall–Kier alpha value is -1.55. The number of benzene rings is 1. The molecule has 4 heteroatoms. The van der Waals surface area contributed by atoms with Gasteiger partial charge < -0.3 is 15.8 Å². The topological polar surface area (TPSA) is 64.3 Å². The Balaban J connectivity index is 2.63. The van der Waals surface area contributed by atoms with Crippen LogP contribution in [0.3, 0.4) is 0 Å². The van der Waals surface area contributed by atoms with E-state index in [-0.39, 0.29) is 11.8 Å². The summed E-state index contributed by atoms with van der Waals surface area (Å²) < 4.78 is 5.19. The zero-order valence-corrected chi connectivity index (χ0v) is 11.5. The van der Waals surface area contributed by atoms with Crippen LogP contribution in [0, 0.1) is 12.8 Å². The van der Waals surface area contributed by atoms with E-state index in [0.717, 1.165) is 16.9 Å². The smallest absolute Gasteiger partial charge is 0.237 e. The molecule has 0 radical (unpaired) electrons. The molecule has 1 aromatic rings. The van der Waals surface area contributed by atoms with E-state index >= 15 is 0 Å². The van der Waals surface area contributed by atoms with Crippen LogP contribution in [-0.4, -0.2) is 19.1 Å². The minimum Gasteiger partial charge on any atom is -0.497 e. The quantitative estimate of drug-likeness (QED) is 0.834. The number of nitrogens with one attached hydrogen (secondary N) is 1. The molecule has 0 aliphatic carbocycles. The highest BCUT2D eigenvalue weighted by molar-refractivity contribution is 5.81. The maximum absolute atomic E-state index is 11.7. The zero-order chi connectivity index (χ0) is 13.7. The van der Waals surface area contributed by atoms with Gasteiger partial charge in [0.2, 0.25) is 5.91 Å². The molecule has 0 unspecified atom stereocenters. The Morgan fingerprint density at radius 3 is 2.61 bits per heavy atom. The van der Waals surface area contributed by atoms with Gasteiger partial charge in [-0.05, 0) is 36.1 Å². The Morgan fingerprint density at radius 1 is 1.39 bits per heavy atom. The van der Waals surface area contributed by atoms with E-state index in [9.17, 15) is 4.79 Å². The summed E-state index contributed by atoms with van der Waals surface area (Å²) in [5, 5.41) is 2.84. The van der Waals surface area contributed by atoms with Crippen molar-refractivity contribution in [3.05, 3.63) is 29.3 Å². The van der Waals surface area contributed by atoms with Crippen LogP contribution in [-0.2, 0) is 11.3 Å². The van der Waals surface area contributed by atoms with Crippen LogP contribution in [0.2, 0.25) is 0 Å². The molecule has 0 heterocycles. The van der Waals surface area contributed by atoms with Crippen LogP contribution in [0.4, 0.5) is 0 Å². The maximum atomic E-state index is 11.7. The number of carbonyl (C=O) groups excluding carboxylic acids is 1. The summed E-state index contributed by atoms with van der Waals surface area (Å²) in [6.07, 6.45) is 0. The molecular formula is C14H22N2O2. The van der Waals surface area contributed by atoms with Gasteiger partial charge in [0.15, 0.2) is 0 Å². The number of nitrogens with two attached hydrogens (primary N) is 1. The Morgan fingerprint density at radius 2 is 2.06 bits per heavy atom. The number of hydrogen-bond acceptors (Lipinski definition) is 3. The molecule has 3 N–H and O–H groups in total. The highest BCUT2D eigenvalue weighted by Gasteiger charge is 2.16. The van der Waals surface area contributed by atoms with Gasteiger partial charge in [0.05, 0.1) is 13.2 Å². The third kappa shape index (κ3) is 4.04. The van der Waals surface area contributed by atoms with Crippen LogP contribution in [0.5, 0.6) is 5.75 Å². The molecule has 4 nitrogen and oxygen atoms in total. The number of rotatable bonds is 5.